The Balaban J connectivity index is 3.01. The monoisotopic (exact) mass is 257 g/mol. The fourth-order valence-electron chi connectivity index (χ4n) is 1.35. The predicted molar refractivity (Wildman–Crippen MR) is 60.7 cm³/mol. The number of hydrogen-bond acceptors (Lipinski definition) is 1. The third-order valence-corrected chi connectivity index (χ3v) is 2.81. The maximum atomic E-state index is 13.0. The molecule has 0 heterocycles. The zero-order valence-corrected chi connectivity index (χ0v) is 9.64. The van der Waals surface area contributed by atoms with E-state index in [0.29, 0.717) is 0 Å². The second-order valence-corrected chi connectivity index (χ2v) is 3.89. The van der Waals surface area contributed by atoms with Crippen molar-refractivity contribution >= 4 is 15.9 Å². The largest absolute Gasteiger partial charge is 0.313 e. The molecule has 1 N–H and O–H groups in total. The van der Waals surface area contributed by atoms with Crippen LogP contribution in [0.1, 0.15) is 18.0 Å². The minimum absolute atomic E-state index is 0.109. The molecule has 0 radical (unpaired) electrons. The van der Waals surface area contributed by atoms with Gasteiger partial charge >= 0.3 is 0 Å². The van der Waals surface area contributed by atoms with Crippen LogP contribution in [-0.2, 0) is 0 Å². The van der Waals surface area contributed by atoms with E-state index in [2.05, 4.69) is 27.8 Å². The summed E-state index contributed by atoms with van der Waals surface area (Å²) in [5.41, 5.74) is 0.924. The van der Waals surface area contributed by atoms with Gasteiger partial charge in [0.1, 0.15) is 5.82 Å². The summed E-state index contributed by atoms with van der Waals surface area (Å²) in [6.45, 7) is 3.68. The van der Waals surface area contributed by atoms with Gasteiger partial charge in [-0.15, -0.1) is 6.58 Å². The van der Waals surface area contributed by atoms with Crippen molar-refractivity contribution in [1.29, 1.82) is 0 Å². The van der Waals surface area contributed by atoms with E-state index in [1.165, 1.54) is 12.1 Å². The van der Waals surface area contributed by atoms with Gasteiger partial charge in [0.2, 0.25) is 0 Å². The molecule has 0 amide bonds. The van der Waals surface area contributed by atoms with E-state index in [0.717, 1.165) is 16.5 Å². The molecule has 0 saturated heterocycles. The average molecular weight is 258 g/mol. The van der Waals surface area contributed by atoms with Gasteiger partial charge in [0.15, 0.2) is 0 Å². The number of hydrogen-bond donors (Lipinski definition) is 1. The minimum atomic E-state index is -0.215. The number of nitrogens with one attached hydrogen (secondary N) is 1. The maximum absolute atomic E-state index is 13.0. The summed E-state index contributed by atoms with van der Waals surface area (Å²) in [6.07, 6.45) is 2.59. The van der Waals surface area contributed by atoms with Crippen LogP contribution in [0.15, 0.2) is 35.3 Å². The van der Waals surface area contributed by atoms with Crippen LogP contribution >= 0.6 is 15.9 Å². The van der Waals surface area contributed by atoms with Crippen molar-refractivity contribution in [1.82, 2.24) is 5.32 Å². The first-order chi connectivity index (χ1) is 6.69. The molecule has 0 aliphatic heterocycles. The highest BCUT2D eigenvalue weighted by Crippen LogP contribution is 2.26. The second kappa shape index (κ2) is 5.27. The molecule has 0 bridgehead atoms. The van der Waals surface area contributed by atoms with E-state index in [1.54, 1.807) is 6.07 Å². The van der Waals surface area contributed by atoms with Crippen LogP contribution in [0.2, 0.25) is 0 Å². The summed E-state index contributed by atoms with van der Waals surface area (Å²) >= 11 is 3.40. The van der Waals surface area contributed by atoms with Gasteiger partial charge in [-0.3, -0.25) is 0 Å². The topological polar surface area (TPSA) is 12.0 Å². The third kappa shape index (κ3) is 2.66. The first kappa shape index (κ1) is 11.4. The number of rotatable bonds is 4. The molecule has 0 spiro atoms. The van der Waals surface area contributed by atoms with Gasteiger partial charge in [0.25, 0.3) is 0 Å². The van der Waals surface area contributed by atoms with Crippen molar-refractivity contribution in [2.45, 2.75) is 12.5 Å². The zero-order valence-electron chi connectivity index (χ0n) is 8.06. The lowest BCUT2D eigenvalue weighted by atomic mass is 10.0. The Kier molecular flexibility index (Phi) is 4.29. The average Bonchev–Trinajstić information content (AvgIpc) is 2.18. The van der Waals surface area contributed by atoms with Crippen molar-refractivity contribution in [2.24, 2.45) is 0 Å². The van der Waals surface area contributed by atoms with Crippen LogP contribution in [0.4, 0.5) is 4.39 Å². The minimum Gasteiger partial charge on any atom is -0.313 e. The highest BCUT2D eigenvalue weighted by atomic mass is 79.9. The first-order valence-corrected chi connectivity index (χ1v) is 5.21. The lowest BCUT2D eigenvalue weighted by Crippen LogP contribution is -2.16. The summed E-state index contributed by atoms with van der Waals surface area (Å²) in [5, 5.41) is 3.12. The molecule has 14 heavy (non-hydrogen) atoms. The Morgan fingerprint density at radius 1 is 1.64 bits per heavy atom. The van der Waals surface area contributed by atoms with E-state index >= 15 is 0 Å². The maximum Gasteiger partial charge on any atom is 0.123 e. The molecule has 1 atom stereocenters. The van der Waals surface area contributed by atoms with Gasteiger partial charge in [0, 0.05) is 10.5 Å². The molecule has 0 aliphatic carbocycles. The molecule has 76 valence electrons. The van der Waals surface area contributed by atoms with Crippen molar-refractivity contribution in [3.8, 4) is 0 Å². The van der Waals surface area contributed by atoms with Gasteiger partial charge in [-0.2, -0.15) is 0 Å². The molecule has 3 heteroatoms. The molecule has 0 aliphatic rings. The van der Waals surface area contributed by atoms with Crippen LogP contribution in [0.25, 0.3) is 0 Å². The molecule has 1 nitrogen and oxygen atoms in total. The number of halogens is 2. The van der Waals surface area contributed by atoms with Crippen LogP contribution in [0, 0.1) is 5.82 Å². The van der Waals surface area contributed by atoms with Gasteiger partial charge in [0.05, 0.1) is 0 Å². The molecular formula is C11H13BrFN. The van der Waals surface area contributed by atoms with Crippen molar-refractivity contribution in [2.75, 3.05) is 7.05 Å². The molecular weight excluding hydrogens is 245 g/mol. The molecule has 1 aromatic carbocycles. The van der Waals surface area contributed by atoms with Gasteiger partial charge < -0.3 is 5.32 Å². The lowest BCUT2D eigenvalue weighted by Gasteiger charge is -2.16. The van der Waals surface area contributed by atoms with Gasteiger partial charge in [-0.25, -0.2) is 4.39 Å². The highest BCUT2D eigenvalue weighted by Gasteiger charge is 2.11. The Hall–Kier alpha value is -0.670. The van der Waals surface area contributed by atoms with Crippen LogP contribution in [0.3, 0.4) is 0 Å². The molecule has 1 aromatic rings. The van der Waals surface area contributed by atoms with Crippen LogP contribution in [-0.4, -0.2) is 7.05 Å². The van der Waals surface area contributed by atoms with Crippen molar-refractivity contribution < 1.29 is 4.39 Å². The smallest absolute Gasteiger partial charge is 0.123 e. The standard InChI is InChI=1S/C11H13BrFN/c1-3-4-11(14-2)9-7-8(13)5-6-10(9)12/h3,5-7,11,14H,1,4H2,2H3. The van der Waals surface area contributed by atoms with Crippen LogP contribution in [0.5, 0.6) is 0 Å². The fourth-order valence-corrected chi connectivity index (χ4v) is 1.87. The molecule has 0 saturated carbocycles. The van der Waals surface area contributed by atoms with E-state index < -0.39 is 0 Å². The van der Waals surface area contributed by atoms with Gasteiger partial charge in [-0.05, 0) is 37.2 Å². The predicted octanol–water partition coefficient (Wildman–Crippen LogP) is 3.42. The molecule has 0 fully saturated rings. The normalized spacial score (nSPS) is 12.5. The highest BCUT2D eigenvalue weighted by molar-refractivity contribution is 9.10. The Bertz CT molecular complexity index is 325. The van der Waals surface area contributed by atoms with E-state index in [-0.39, 0.29) is 11.9 Å². The van der Waals surface area contributed by atoms with Crippen molar-refractivity contribution in [3.05, 3.63) is 46.7 Å². The summed E-state index contributed by atoms with van der Waals surface area (Å²) in [4.78, 5) is 0. The molecule has 1 unspecified atom stereocenters. The molecule has 1 rings (SSSR count). The summed E-state index contributed by atoms with van der Waals surface area (Å²) < 4.78 is 13.9. The molecule has 0 aromatic heterocycles. The third-order valence-electron chi connectivity index (χ3n) is 2.08. The van der Waals surface area contributed by atoms with E-state index in [4.69, 9.17) is 0 Å². The Labute approximate surface area is 92.1 Å². The first-order valence-electron chi connectivity index (χ1n) is 4.42. The fraction of sp³-hybridized carbons (Fsp3) is 0.273. The SMILES string of the molecule is C=CCC(NC)c1cc(F)ccc1Br. The summed E-state index contributed by atoms with van der Waals surface area (Å²) in [6, 6.07) is 4.80. The van der Waals surface area contributed by atoms with E-state index in [9.17, 15) is 4.39 Å². The van der Waals surface area contributed by atoms with Crippen molar-refractivity contribution in [3.63, 3.8) is 0 Å². The summed E-state index contributed by atoms with van der Waals surface area (Å²) in [5.74, 6) is -0.215. The lowest BCUT2D eigenvalue weighted by molar-refractivity contribution is 0.583. The van der Waals surface area contributed by atoms with E-state index in [1.807, 2.05) is 13.1 Å². The van der Waals surface area contributed by atoms with Crippen LogP contribution < -0.4 is 5.32 Å². The Morgan fingerprint density at radius 2 is 2.36 bits per heavy atom. The quantitative estimate of drug-likeness (QED) is 0.816. The second-order valence-electron chi connectivity index (χ2n) is 3.03. The Morgan fingerprint density at radius 3 is 2.93 bits per heavy atom. The number of benzene rings is 1. The summed E-state index contributed by atoms with van der Waals surface area (Å²) in [7, 11) is 1.85. The van der Waals surface area contributed by atoms with Gasteiger partial charge in [-0.1, -0.05) is 22.0 Å². The zero-order chi connectivity index (χ0) is 10.6.